The molecule has 0 fully saturated rings. The van der Waals surface area contributed by atoms with Crippen molar-refractivity contribution in [2.75, 3.05) is 19.0 Å². The molecule has 2 aromatic rings. The van der Waals surface area contributed by atoms with Crippen LogP contribution in [0.25, 0.3) is 0 Å². The number of hydrogen-bond acceptors (Lipinski definition) is 4. The van der Waals surface area contributed by atoms with Crippen molar-refractivity contribution in [1.29, 1.82) is 0 Å². The van der Waals surface area contributed by atoms with Gasteiger partial charge < -0.3 is 20.5 Å². The Balaban J connectivity index is 1.67. The Kier molecular flexibility index (Phi) is 5.58. The Labute approximate surface area is 160 Å². The number of carbonyl (C=O) groups excluding carboxylic acids is 2. The van der Waals surface area contributed by atoms with Gasteiger partial charge in [0, 0.05) is 18.7 Å². The zero-order valence-electron chi connectivity index (χ0n) is 15.1. The van der Waals surface area contributed by atoms with Gasteiger partial charge in [0.15, 0.2) is 0 Å². The van der Waals surface area contributed by atoms with Gasteiger partial charge in [0.2, 0.25) is 11.8 Å². The smallest absolute Gasteiger partial charge is 0.335 e. The number of hydrogen-bond donors (Lipinski definition) is 3. The van der Waals surface area contributed by atoms with Crippen molar-refractivity contribution in [3.63, 3.8) is 0 Å². The number of nitrogens with one attached hydrogen (secondary N) is 2. The van der Waals surface area contributed by atoms with Crippen molar-refractivity contribution in [3.05, 3.63) is 58.9 Å². The van der Waals surface area contributed by atoms with Crippen LogP contribution in [-0.4, -0.2) is 36.5 Å². The van der Waals surface area contributed by atoms with Gasteiger partial charge in [-0.1, -0.05) is 12.1 Å². The maximum atomic E-state index is 13.4. The molecule has 3 rings (SSSR count). The average molecular weight is 386 g/mol. The SMILES string of the molecule is COc1cc(C(=O)O)ccc1CCNC(=O)C1CC(=O)Nc2cc(F)ccc21. The molecule has 0 aromatic heterocycles. The zero-order chi connectivity index (χ0) is 20.3. The number of carboxylic acids is 1. The van der Waals surface area contributed by atoms with E-state index < -0.39 is 17.7 Å². The van der Waals surface area contributed by atoms with E-state index in [-0.39, 0.29) is 30.3 Å². The number of benzene rings is 2. The maximum Gasteiger partial charge on any atom is 0.335 e. The molecule has 8 heteroatoms. The molecule has 1 atom stereocenters. The summed E-state index contributed by atoms with van der Waals surface area (Å²) in [5.41, 5.74) is 1.74. The Morgan fingerprint density at radius 1 is 1.29 bits per heavy atom. The van der Waals surface area contributed by atoms with Gasteiger partial charge >= 0.3 is 5.97 Å². The fraction of sp³-hybridized carbons (Fsp3) is 0.250. The van der Waals surface area contributed by atoms with E-state index in [1.165, 1.54) is 37.4 Å². The lowest BCUT2D eigenvalue weighted by atomic mass is 9.89. The molecule has 1 aliphatic heterocycles. The van der Waals surface area contributed by atoms with Crippen molar-refractivity contribution in [2.24, 2.45) is 0 Å². The predicted octanol–water partition coefficient (Wildman–Crippen LogP) is 2.32. The zero-order valence-corrected chi connectivity index (χ0v) is 15.1. The minimum absolute atomic E-state index is 0.0128. The summed E-state index contributed by atoms with van der Waals surface area (Å²) in [5.74, 6) is -2.48. The van der Waals surface area contributed by atoms with Crippen LogP contribution >= 0.6 is 0 Å². The molecular weight excluding hydrogens is 367 g/mol. The summed E-state index contributed by atoms with van der Waals surface area (Å²) < 4.78 is 18.6. The highest BCUT2D eigenvalue weighted by molar-refractivity contribution is 6.01. The van der Waals surface area contributed by atoms with Crippen LogP contribution in [0.4, 0.5) is 10.1 Å². The summed E-state index contributed by atoms with van der Waals surface area (Å²) in [4.78, 5) is 35.5. The highest BCUT2D eigenvalue weighted by Crippen LogP contribution is 2.32. The van der Waals surface area contributed by atoms with E-state index in [9.17, 15) is 18.8 Å². The van der Waals surface area contributed by atoms with Crippen molar-refractivity contribution >= 4 is 23.5 Å². The number of rotatable bonds is 6. The molecule has 0 spiro atoms. The van der Waals surface area contributed by atoms with Crippen molar-refractivity contribution in [3.8, 4) is 5.75 Å². The van der Waals surface area contributed by atoms with Crippen LogP contribution in [0.3, 0.4) is 0 Å². The summed E-state index contributed by atoms with van der Waals surface area (Å²) in [5, 5.41) is 14.4. The second kappa shape index (κ2) is 8.08. The lowest BCUT2D eigenvalue weighted by molar-refractivity contribution is -0.126. The number of anilines is 1. The molecule has 1 unspecified atom stereocenters. The topological polar surface area (TPSA) is 105 Å². The molecule has 2 aromatic carbocycles. The molecule has 0 bridgehead atoms. The van der Waals surface area contributed by atoms with Crippen LogP contribution in [0, 0.1) is 5.82 Å². The number of ether oxygens (including phenoxy) is 1. The summed E-state index contributed by atoms with van der Waals surface area (Å²) in [6, 6.07) is 8.49. The number of carboxylic acid groups (broad SMARTS) is 1. The van der Waals surface area contributed by atoms with E-state index in [2.05, 4.69) is 10.6 Å². The van der Waals surface area contributed by atoms with Crippen molar-refractivity contribution < 1.29 is 28.6 Å². The molecule has 0 saturated carbocycles. The molecule has 28 heavy (non-hydrogen) atoms. The minimum atomic E-state index is -1.05. The first kappa shape index (κ1) is 19.3. The summed E-state index contributed by atoms with van der Waals surface area (Å²) in [6.45, 7) is 0.274. The van der Waals surface area contributed by atoms with Crippen molar-refractivity contribution in [1.82, 2.24) is 5.32 Å². The second-order valence-electron chi connectivity index (χ2n) is 6.41. The Morgan fingerprint density at radius 3 is 2.79 bits per heavy atom. The molecule has 1 aliphatic rings. The third-order valence-corrected chi connectivity index (χ3v) is 4.60. The molecule has 0 aliphatic carbocycles. The number of amides is 2. The van der Waals surface area contributed by atoms with Crippen LogP contribution in [-0.2, 0) is 16.0 Å². The fourth-order valence-electron chi connectivity index (χ4n) is 3.20. The minimum Gasteiger partial charge on any atom is -0.496 e. The number of methoxy groups -OCH3 is 1. The molecule has 2 amide bonds. The van der Waals surface area contributed by atoms with E-state index in [0.29, 0.717) is 23.4 Å². The first-order valence-electron chi connectivity index (χ1n) is 8.66. The van der Waals surface area contributed by atoms with Gasteiger partial charge in [0.1, 0.15) is 11.6 Å². The van der Waals surface area contributed by atoms with E-state index >= 15 is 0 Å². The first-order valence-corrected chi connectivity index (χ1v) is 8.66. The average Bonchev–Trinajstić information content (AvgIpc) is 2.66. The largest absolute Gasteiger partial charge is 0.496 e. The van der Waals surface area contributed by atoms with Crippen LogP contribution in [0.2, 0.25) is 0 Å². The number of aromatic carboxylic acids is 1. The fourth-order valence-corrected chi connectivity index (χ4v) is 3.20. The molecule has 0 saturated heterocycles. The van der Waals surface area contributed by atoms with Crippen LogP contribution in [0.5, 0.6) is 5.75 Å². The van der Waals surface area contributed by atoms with Crippen LogP contribution in [0.15, 0.2) is 36.4 Å². The number of fused-ring (bicyclic) bond motifs is 1. The van der Waals surface area contributed by atoms with Gasteiger partial charge in [0.05, 0.1) is 18.6 Å². The third kappa shape index (κ3) is 4.11. The Morgan fingerprint density at radius 2 is 2.07 bits per heavy atom. The number of carbonyl (C=O) groups is 3. The van der Waals surface area contributed by atoms with E-state index in [0.717, 1.165) is 5.56 Å². The summed E-state index contributed by atoms with van der Waals surface area (Å²) in [7, 11) is 1.44. The lowest BCUT2D eigenvalue weighted by Crippen LogP contribution is -2.36. The summed E-state index contributed by atoms with van der Waals surface area (Å²) in [6.07, 6.45) is 0.408. The van der Waals surface area contributed by atoms with Gasteiger partial charge in [-0.3, -0.25) is 9.59 Å². The Hall–Kier alpha value is -3.42. The van der Waals surface area contributed by atoms with E-state index in [4.69, 9.17) is 9.84 Å². The van der Waals surface area contributed by atoms with E-state index in [1.54, 1.807) is 6.07 Å². The standard InChI is InChI=1S/C20H19FN2O5/c1-28-17-8-12(20(26)27)3-2-11(17)6-7-22-19(25)15-10-18(24)23-16-9-13(21)4-5-14(15)16/h2-5,8-9,15H,6-7,10H2,1H3,(H,22,25)(H,23,24)(H,26,27). The molecule has 3 N–H and O–H groups in total. The third-order valence-electron chi connectivity index (χ3n) is 4.60. The van der Waals surface area contributed by atoms with Gasteiger partial charge in [-0.2, -0.15) is 0 Å². The normalized spacial score (nSPS) is 15.4. The highest BCUT2D eigenvalue weighted by Gasteiger charge is 2.30. The molecule has 0 radical (unpaired) electrons. The lowest BCUT2D eigenvalue weighted by Gasteiger charge is -2.25. The number of halogens is 1. The quantitative estimate of drug-likeness (QED) is 0.707. The van der Waals surface area contributed by atoms with Crippen LogP contribution < -0.4 is 15.4 Å². The van der Waals surface area contributed by atoms with Gasteiger partial charge in [-0.15, -0.1) is 0 Å². The monoisotopic (exact) mass is 386 g/mol. The van der Waals surface area contributed by atoms with Crippen LogP contribution in [0.1, 0.15) is 33.8 Å². The molecule has 1 heterocycles. The second-order valence-corrected chi connectivity index (χ2v) is 6.41. The molecular formula is C20H19FN2O5. The predicted molar refractivity (Wildman–Crippen MR) is 99.1 cm³/mol. The van der Waals surface area contributed by atoms with Gasteiger partial charge in [-0.05, 0) is 41.8 Å². The Bertz CT molecular complexity index is 944. The van der Waals surface area contributed by atoms with E-state index in [1.807, 2.05) is 0 Å². The molecule has 146 valence electrons. The highest BCUT2D eigenvalue weighted by atomic mass is 19.1. The summed E-state index contributed by atoms with van der Waals surface area (Å²) >= 11 is 0. The maximum absolute atomic E-state index is 13.4. The van der Waals surface area contributed by atoms with Crippen molar-refractivity contribution in [2.45, 2.75) is 18.8 Å². The van der Waals surface area contributed by atoms with Gasteiger partial charge in [-0.25, -0.2) is 9.18 Å². The molecule has 7 nitrogen and oxygen atoms in total. The first-order chi connectivity index (χ1) is 13.4. The van der Waals surface area contributed by atoms with Gasteiger partial charge in [0.25, 0.3) is 0 Å².